The van der Waals surface area contributed by atoms with Gasteiger partial charge in [0.25, 0.3) is 0 Å². The lowest BCUT2D eigenvalue weighted by Gasteiger charge is -2.09. The number of furan rings is 1. The smallest absolute Gasteiger partial charge is 0.161 e. The molecule has 0 unspecified atom stereocenters. The first kappa shape index (κ1) is 16.0. The molecule has 136 valence electrons. The van der Waals surface area contributed by atoms with Crippen LogP contribution in [0.3, 0.4) is 0 Å². The van der Waals surface area contributed by atoms with Crippen molar-refractivity contribution in [2.75, 3.05) is 0 Å². The third kappa shape index (κ3) is 2.52. The molecule has 0 aliphatic rings. The number of rotatable bonds is 2. The third-order valence-electron chi connectivity index (χ3n) is 5.29. The lowest BCUT2D eigenvalue weighted by molar-refractivity contribution is 0.671. The normalized spacial score (nSPS) is 11.4. The molecule has 0 atom stereocenters. The first-order valence-corrected chi connectivity index (χ1v) is 9.61. The van der Waals surface area contributed by atoms with Gasteiger partial charge in [0.05, 0.1) is 5.69 Å². The Bertz CT molecular complexity index is 1490. The Morgan fingerprint density at radius 2 is 1.17 bits per heavy atom. The molecule has 0 N–H and O–H groups in total. The first-order chi connectivity index (χ1) is 14.4. The summed E-state index contributed by atoms with van der Waals surface area (Å²) in [4.78, 5) is 9.90. The van der Waals surface area contributed by atoms with Crippen molar-refractivity contribution in [3.05, 3.63) is 97.1 Å². The quantitative estimate of drug-likeness (QED) is 0.333. The lowest BCUT2D eigenvalue weighted by atomic mass is 10.0. The van der Waals surface area contributed by atoms with Gasteiger partial charge in [0.15, 0.2) is 11.4 Å². The third-order valence-corrected chi connectivity index (χ3v) is 5.29. The number of aromatic nitrogens is 2. The minimum atomic E-state index is 0.699. The van der Waals surface area contributed by atoms with Crippen LogP contribution in [0.4, 0.5) is 0 Å². The van der Waals surface area contributed by atoms with Gasteiger partial charge in [-0.25, -0.2) is 9.97 Å². The van der Waals surface area contributed by atoms with E-state index in [0.717, 1.165) is 49.7 Å². The molecule has 6 aromatic rings. The van der Waals surface area contributed by atoms with Crippen molar-refractivity contribution in [2.45, 2.75) is 0 Å². The Morgan fingerprint density at radius 1 is 0.517 bits per heavy atom. The number of para-hydroxylation sites is 1. The minimum Gasteiger partial charge on any atom is -0.454 e. The van der Waals surface area contributed by atoms with E-state index in [-0.39, 0.29) is 0 Å². The molecule has 0 amide bonds. The summed E-state index contributed by atoms with van der Waals surface area (Å²) in [5, 5.41) is 3.16. The fourth-order valence-corrected chi connectivity index (χ4v) is 3.91. The standard InChI is InChI=1S/C26H16N2O/c1-3-9-17(10-4-1)23-21-16-15-20-19-13-7-8-14-22(19)29-25(20)24(21)28-26(27-23)18-11-5-2-6-12-18/h1-16H. The summed E-state index contributed by atoms with van der Waals surface area (Å²) >= 11 is 0. The predicted molar refractivity (Wildman–Crippen MR) is 118 cm³/mol. The van der Waals surface area contributed by atoms with Gasteiger partial charge >= 0.3 is 0 Å². The van der Waals surface area contributed by atoms with E-state index in [2.05, 4.69) is 30.3 Å². The lowest BCUT2D eigenvalue weighted by Crippen LogP contribution is -1.95. The van der Waals surface area contributed by atoms with Gasteiger partial charge in [0.1, 0.15) is 11.1 Å². The summed E-state index contributed by atoms with van der Waals surface area (Å²) in [7, 11) is 0. The highest BCUT2D eigenvalue weighted by Crippen LogP contribution is 2.37. The molecule has 2 heterocycles. The van der Waals surface area contributed by atoms with E-state index in [0.29, 0.717) is 5.82 Å². The highest BCUT2D eigenvalue weighted by Gasteiger charge is 2.17. The van der Waals surface area contributed by atoms with E-state index in [1.165, 1.54) is 0 Å². The van der Waals surface area contributed by atoms with Crippen molar-refractivity contribution in [3.8, 4) is 22.6 Å². The summed E-state index contributed by atoms with van der Waals surface area (Å²) < 4.78 is 6.26. The molecular formula is C26H16N2O. The average Bonchev–Trinajstić information content (AvgIpc) is 3.19. The molecule has 6 rings (SSSR count). The molecular weight excluding hydrogens is 356 g/mol. The summed E-state index contributed by atoms with van der Waals surface area (Å²) in [6, 6.07) is 32.7. The largest absolute Gasteiger partial charge is 0.454 e. The number of fused-ring (bicyclic) bond motifs is 5. The molecule has 4 aromatic carbocycles. The zero-order valence-corrected chi connectivity index (χ0v) is 15.5. The molecule has 0 bridgehead atoms. The molecule has 0 saturated heterocycles. The van der Waals surface area contributed by atoms with E-state index in [9.17, 15) is 0 Å². The molecule has 0 radical (unpaired) electrons. The summed E-state index contributed by atoms with van der Waals surface area (Å²) in [6.07, 6.45) is 0. The van der Waals surface area contributed by atoms with Crippen LogP contribution in [-0.4, -0.2) is 9.97 Å². The average molecular weight is 372 g/mol. The van der Waals surface area contributed by atoms with Gasteiger partial charge in [-0.1, -0.05) is 78.9 Å². The summed E-state index contributed by atoms with van der Waals surface area (Å²) in [5.41, 5.74) is 5.48. The van der Waals surface area contributed by atoms with Gasteiger partial charge in [-0.15, -0.1) is 0 Å². The van der Waals surface area contributed by atoms with Gasteiger partial charge in [-0.3, -0.25) is 0 Å². The molecule has 2 aromatic heterocycles. The predicted octanol–water partition coefficient (Wildman–Crippen LogP) is 6.86. The molecule has 29 heavy (non-hydrogen) atoms. The van der Waals surface area contributed by atoms with E-state index < -0.39 is 0 Å². The molecule has 0 saturated carbocycles. The van der Waals surface area contributed by atoms with Gasteiger partial charge in [-0.05, 0) is 18.2 Å². The van der Waals surface area contributed by atoms with Crippen LogP contribution in [0.25, 0.3) is 55.5 Å². The van der Waals surface area contributed by atoms with Crippen LogP contribution >= 0.6 is 0 Å². The van der Waals surface area contributed by atoms with E-state index in [1.807, 2.05) is 66.7 Å². The van der Waals surface area contributed by atoms with Gasteiger partial charge in [0, 0.05) is 27.3 Å². The summed E-state index contributed by atoms with van der Waals surface area (Å²) in [5.74, 6) is 0.699. The fraction of sp³-hybridized carbons (Fsp3) is 0. The van der Waals surface area contributed by atoms with Crippen LogP contribution in [0.1, 0.15) is 0 Å². The molecule has 0 aliphatic carbocycles. The Balaban J connectivity index is 1.77. The van der Waals surface area contributed by atoms with Crippen LogP contribution in [0.2, 0.25) is 0 Å². The highest BCUT2D eigenvalue weighted by atomic mass is 16.3. The SMILES string of the molecule is c1ccc(-c2nc(-c3ccccc3)c3ccc4c5ccccc5oc4c3n2)cc1. The second-order valence-electron chi connectivity index (χ2n) is 7.06. The van der Waals surface area contributed by atoms with Crippen LogP contribution in [0, 0.1) is 0 Å². The monoisotopic (exact) mass is 372 g/mol. The summed E-state index contributed by atoms with van der Waals surface area (Å²) in [6.45, 7) is 0. The van der Waals surface area contributed by atoms with Crippen molar-refractivity contribution < 1.29 is 4.42 Å². The zero-order chi connectivity index (χ0) is 19.2. The maximum atomic E-state index is 6.26. The van der Waals surface area contributed by atoms with Crippen LogP contribution < -0.4 is 0 Å². The Kier molecular flexibility index (Phi) is 3.47. The molecule has 0 fully saturated rings. The van der Waals surface area contributed by atoms with Crippen molar-refractivity contribution in [3.63, 3.8) is 0 Å². The number of benzene rings is 4. The topological polar surface area (TPSA) is 38.9 Å². The zero-order valence-electron chi connectivity index (χ0n) is 15.5. The van der Waals surface area contributed by atoms with Crippen LogP contribution in [0.5, 0.6) is 0 Å². The molecule has 0 aliphatic heterocycles. The highest BCUT2D eigenvalue weighted by molar-refractivity contribution is 6.15. The van der Waals surface area contributed by atoms with E-state index >= 15 is 0 Å². The van der Waals surface area contributed by atoms with Crippen molar-refractivity contribution >= 4 is 32.8 Å². The second-order valence-corrected chi connectivity index (χ2v) is 7.06. The van der Waals surface area contributed by atoms with Crippen LogP contribution in [-0.2, 0) is 0 Å². The number of nitrogens with zero attached hydrogens (tertiary/aromatic N) is 2. The second kappa shape index (κ2) is 6.28. The fourth-order valence-electron chi connectivity index (χ4n) is 3.91. The maximum Gasteiger partial charge on any atom is 0.161 e. The maximum absolute atomic E-state index is 6.26. The Labute approximate surface area is 167 Å². The molecule has 3 heteroatoms. The van der Waals surface area contributed by atoms with E-state index in [4.69, 9.17) is 14.4 Å². The van der Waals surface area contributed by atoms with E-state index in [1.54, 1.807) is 0 Å². The van der Waals surface area contributed by atoms with Crippen molar-refractivity contribution in [1.29, 1.82) is 0 Å². The first-order valence-electron chi connectivity index (χ1n) is 9.61. The molecule has 3 nitrogen and oxygen atoms in total. The number of hydrogen-bond acceptors (Lipinski definition) is 3. The van der Waals surface area contributed by atoms with Gasteiger partial charge in [-0.2, -0.15) is 0 Å². The number of hydrogen-bond donors (Lipinski definition) is 0. The van der Waals surface area contributed by atoms with Crippen molar-refractivity contribution in [1.82, 2.24) is 9.97 Å². The van der Waals surface area contributed by atoms with Gasteiger partial charge in [0.2, 0.25) is 0 Å². The Hall–Kier alpha value is -3.98. The van der Waals surface area contributed by atoms with Gasteiger partial charge < -0.3 is 4.42 Å². The van der Waals surface area contributed by atoms with Crippen molar-refractivity contribution in [2.24, 2.45) is 0 Å². The Morgan fingerprint density at radius 3 is 1.97 bits per heavy atom. The van der Waals surface area contributed by atoms with Crippen LogP contribution in [0.15, 0.2) is 101 Å². The minimum absolute atomic E-state index is 0.699. The molecule has 0 spiro atoms.